The van der Waals surface area contributed by atoms with Gasteiger partial charge in [0.25, 0.3) is 0 Å². The third kappa shape index (κ3) is 8.85. The van der Waals surface area contributed by atoms with Crippen molar-refractivity contribution in [3.05, 3.63) is 0 Å². The number of ketones is 1. The maximum Gasteiger partial charge on any atom is 0.305 e. The van der Waals surface area contributed by atoms with Crippen molar-refractivity contribution in [2.24, 2.45) is 11.8 Å². The summed E-state index contributed by atoms with van der Waals surface area (Å²) >= 11 is 0. The van der Waals surface area contributed by atoms with E-state index in [1.807, 2.05) is 6.92 Å². The van der Waals surface area contributed by atoms with Gasteiger partial charge in [-0.3, -0.25) is 9.59 Å². The zero-order chi connectivity index (χ0) is 19.2. The average molecular weight is 365 g/mol. The molecular formula is C22H36O4. The van der Waals surface area contributed by atoms with Gasteiger partial charge in [-0.2, -0.15) is 0 Å². The van der Waals surface area contributed by atoms with Crippen LogP contribution in [0.4, 0.5) is 0 Å². The highest BCUT2D eigenvalue weighted by atomic mass is 16.5. The van der Waals surface area contributed by atoms with Crippen LogP contribution in [0.15, 0.2) is 0 Å². The fourth-order valence-corrected chi connectivity index (χ4v) is 3.54. The third-order valence-electron chi connectivity index (χ3n) is 5.05. The molecule has 0 aromatic rings. The second-order valence-corrected chi connectivity index (χ2v) is 7.26. The van der Waals surface area contributed by atoms with Crippen molar-refractivity contribution in [2.45, 2.75) is 97.0 Å². The highest BCUT2D eigenvalue weighted by Crippen LogP contribution is 2.33. The molecule has 0 heterocycles. The van der Waals surface area contributed by atoms with Crippen LogP contribution in [0.2, 0.25) is 0 Å². The van der Waals surface area contributed by atoms with Gasteiger partial charge < -0.3 is 9.84 Å². The molecule has 1 unspecified atom stereocenters. The minimum Gasteiger partial charge on any atom is -0.466 e. The maximum atomic E-state index is 12.2. The van der Waals surface area contributed by atoms with Gasteiger partial charge in [-0.15, -0.1) is 5.92 Å². The van der Waals surface area contributed by atoms with Crippen molar-refractivity contribution in [3.63, 3.8) is 0 Å². The number of carbonyl (C=O) groups excluding carboxylic acids is 2. The molecule has 0 saturated heterocycles. The summed E-state index contributed by atoms with van der Waals surface area (Å²) in [5.74, 6) is 6.11. The van der Waals surface area contributed by atoms with Crippen LogP contribution in [0.1, 0.15) is 90.9 Å². The van der Waals surface area contributed by atoms with Crippen LogP contribution < -0.4 is 0 Å². The van der Waals surface area contributed by atoms with E-state index < -0.39 is 6.10 Å². The Balaban J connectivity index is 2.28. The number of Topliss-reactive ketones (excluding diaryl/α,β-unsaturated/α-hetero) is 1. The van der Waals surface area contributed by atoms with E-state index in [-0.39, 0.29) is 30.0 Å². The first-order valence-corrected chi connectivity index (χ1v) is 10.4. The van der Waals surface area contributed by atoms with Gasteiger partial charge in [-0.25, -0.2) is 0 Å². The van der Waals surface area contributed by atoms with Crippen LogP contribution >= 0.6 is 0 Å². The SMILES string of the molecule is CCCCCCC#C[C@H]1C(CCCCCCC(=O)OCC)C(=O)C[C@H]1O. The van der Waals surface area contributed by atoms with E-state index in [9.17, 15) is 14.7 Å². The van der Waals surface area contributed by atoms with Crippen molar-refractivity contribution in [1.29, 1.82) is 0 Å². The Kier molecular flexibility index (Phi) is 12.1. The van der Waals surface area contributed by atoms with E-state index in [0.717, 1.165) is 44.9 Å². The molecule has 1 fully saturated rings. The first-order chi connectivity index (χ1) is 12.6. The minimum atomic E-state index is -0.598. The van der Waals surface area contributed by atoms with Crippen LogP contribution in [0, 0.1) is 23.7 Å². The molecule has 1 rings (SSSR count). The molecular weight excluding hydrogens is 328 g/mol. The first kappa shape index (κ1) is 22.7. The zero-order valence-electron chi connectivity index (χ0n) is 16.6. The largest absolute Gasteiger partial charge is 0.466 e. The second-order valence-electron chi connectivity index (χ2n) is 7.26. The fraction of sp³-hybridized carbons (Fsp3) is 0.818. The summed E-state index contributed by atoms with van der Waals surface area (Å²) < 4.78 is 4.91. The lowest BCUT2D eigenvalue weighted by Crippen LogP contribution is -2.19. The average Bonchev–Trinajstić information content (AvgIpc) is 2.87. The number of esters is 1. The summed E-state index contributed by atoms with van der Waals surface area (Å²) in [6.45, 7) is 4.44. The van der Waals surface area contributed by atoms with E-state index in [2.05, 4.69) is 18.8 Å². The standard InChI is InChI=1S/C22H36O4/c1-3-5-6-7-8-11-14-18-19(21(24)17-20(18)23)15-12-9-10-13-16-22(25)26-4-2/h18-20,23H,3-10,12-13,15-17H2,1-2H3/t18-,19?,20+/m0/s1. The van der Waals surface area contributed by atoms with Crippen LogP contribution in [0.5, 0.6) is 0 Å². The number of ether oxygens (including phenoxy) is 1. The van der Waals surface area contributed by atoms with Crippen LogP contribution in [-0.2, 0) is 14.3 Å². The zero-order valence-corrected chi connectivity index (χ0v) is 16.6. The predicted molar refractivity (Wildman–Crippen MR) is 103 cm³/mol. The van der Waals surface area contributed by atoms with Gasteiger partial charge in [0, 0.05) is 25.2 Å². The molecule has 1 N–H and O–H groups in total. The Morgan fingerprint density at radius 3 is 2.58 bits per heavy atom. The number of carbonyl (C=O) groups is 2. The topological polar surface area (TPSA) is 63.6 Å². The maximum absolute atomic E-state index is 12.2. The lowest BCUT2D eigenvalue weighted by atomic mass is 9.89. The smallest absolute Gasteiger partial charge is 0.305 e. The quantitative estimate of drug-likeness (QED) is 0.316. The molecule has 1 aliphatic rings. The Morgan fingerprint density at radius 2 is 1.85 bits per heavy atom. The Hall–Kier alpha value is -1.34. The lowest BCUT2D eigenvalue weighted by Gasteiger charge is -2.15. The van der Waals surface area contributed by atoms with E-state index in [1.165, 1.54) is 19.3 Å². The van der Waals surface area contributed by atoms with Gasteiger partial charge >= 0.3 is 5.97 Å². The molecule has 1 saturated carbocycles. The third-order valence-corrected chi connectivity index (χ3v) is 5.05. The minimum absolute atomic E-state index is 0.113. The molecule has 3 atom stereocenters. The molecule has 0 amide bonds. The monoisotopic (exact) mass is 364 g/mol. The summed E-state index contributed by atoms with van der Waals surface area (Å²) in [6, 6.07) is 0. The molecule has 0 aliphatic heterocycles. The molecule has 0 bridgehead atoms. The summed E-state index contributed by atoms with van der Waals surface area (Å²) in [6.07, 6.45) is 10.3. The Labute approximate surface area is 159 Å². The van der Waals surface area contributed by atoms with Crippen LogP contribution in [-0.4, -0.2) is 29.6 Å². The van der Waals surface area contributed by atoms with Crippen LogP contribution in [0.25, 0.3) is 0 Å². The first-order valence-electron chi connectivity index (χ1n) is 10.4. The Bertz CT molecular complexity index is 474. The summed E-state index contributed by atoms with van der Waals surface area (Å²) in [5.41, 5.74) is 0. The number of rotatable bonds is 12. The van der Waals surface area contributed by atoms with Gasteiger partial charge in [0.05, 0.1) is 18.6 Å². The molecule has 148 valence electrons. The molecule has 4 nitrogen and oxygen atoms in total. The van der Waals surface area contributed by atoms with E-state index >= 15 is 0 Å². The van der Waals surface area contributed by atoms with Crippen molar-refractivity contribution >= 4 is 11.8 Å². The van der Waals surface area contributed by atoms with Gasteiger partial charge in [-0.05, 0) is 26.2 Å². The fourth-order valence-electron chi connectivity index (χ4n) is 3.54. The van der Waals surface area contributed by atoms with Crippen LogP contribution in [0.3, 0.4) is 0 Å². The molecule has 4 heteroatoms. The van der Waals surface area contributed by atoms with Gasteiger partial charge in [0.1, 0.15) is 5.78 Å². The molecule has 26 heavy (non-hydrogen) atoms. The molecule has 0 aromatic heterocycles. The van der Waals surface area contributed by atoms with E-state index in [4.69, 9.17) is 4.74 Å². The summed E-state index contributed by atoms with van der Waals surface area (Å²) in [7, 11) is 0. The highest BCUT2D eigenvalue weighted by Gasteiger charge is 2.39. The van der Waals surface area contributed by atoms with Gasteiger partial charge in [-0.1, -0.05) is 51.4 Å². The Morgan fingerprint density at radius 1 is 1.12 bits per heavy atom. The van der Waals surface area contributed by atoms with E-state index in [1.54, 1.807) is 0 Å². The predicted octanol–water partition coefficient (Wildman–Crippen LogP) is 4.43. The normalized spacial score (nSPS) is 22.1. The number of aliphatic hydroxyl groups is 1. The lowest BCUT2D eigenvalue weighted by molar-refractivity contribution is -0.143. The highest BCUT2D eigenvalue weighted by molar-refractivity contribution is 5.84. The summed E-state index contributed by atoms with van der Waals surface area (Å²) in [4.78, 5) is 23.4. The van der Waals surface area contributed by atoms with Gasteiger partial charge in [0.2, 0.25) is 0 Å². The van der Waals surface area contributed by atoms with Crippen molar-refractivity contribution < 1.29 is 19.4 Å². The molecule has 0 spiro atoms. The molecule has 1 aliphatic carbocycles. The number of hydrogen-bond acceptors (Lipinski definition) is 4. The summed E-state index contributed by atoms with van der Waals surface area (Å²) in [5, 5.41) is 10.1. The number of hydrogen-bond donors (Lipinski definition) is 1. The number of unbranched alkanes of at least 4 members (excludes halogenated alkanes) is 7. The van der Waals surface area contributed by atoms with Gasteiger partial charge in [0.15, 0.2) is 0 Å². The molecule has 0 radical (unpaired) electrons. The molecule has 0 aromatic carbocycles. The second kappa shape index (κ2) is 13.8. The van der Waals surface area contributed by atoms with Crippen molar-refractivity contribution in [3.8, 4) is 11.8 Å². The van der Waals surface area contributed by atoms with Crippen molar-refractivity contribution in [1.82, 2.24) is 0 Å². The van der Waals surface area contributed by atoms with E-state index in [0.29, 0.717) is 13.0 Å². The van der Waals surface area contributed by atoms with Crippen molar-refractivity contribution in [2.75, 3.05) is 6.61 Å². The number of aliphatic hydroxyl groups excluding tert-OH is 1.